The van der Waals surface area contributed by atoms with Crippen molar-refractivity contribution in [2.75, 3.05) is 17.7 Å². The molecule has 0 aliphatic heterocycles. The fourth-order valence-electron chi connectivity index (χ4n) is 1.73. The third kappa shape index (κ3) is 3.01. The molecule has 4 heteroatoms. The quantitative estimate of drug-likeness (QED) is 0.874. The first-order valence-electron chi connectivity index (χ1n) is 5.57. The van der Waals surface area contributed by atoms with Gasteiger partial charge in [-0.15, -0.1) is 0 Å². The Morgan fingerprint density at radius 2 is 1.83 bits per heavy atom. The topological polar surface area (TPSA) is 29.3 Å². The first-order chi connectivity index (χ1) is 8.56. The zero-order valence-corrected chi connectivity index (χ0v) is 11.6. The number of benzene rings is 2. The zero-order chi connectivity index (χ0) is 13.1. The summed E-state index contributed by atoms with van der Waals surface area (Å²) in [5.41, 5.74) is 8.03. The van der Waals surface area contributed by atoms with E-state index in [9.17, 15) is 4.39 Å². The third-order valence-electron chi connectivity index (χ3n) is 2.76. The van der Waals surface area contributed by atoms with Crippen molar-refractivity contribution in [2.45, 2.75) is 6.54 Å². The molecule has 0 atom stereocenters. The predicted molar refractivity (Wildman–Crippen MR) is 77.1 cm³/mol. The van der Waals surface area contributed by atoms with Crippen molar-refractivity contribution in [3.8, 4) is 0 Å². The Labute approximate surface area is 114 Å². The lowest BCUT2D eigenvalue weighted by molar-refractivity contribution is 0.607. The molecule has 0 fully saturated rings. The average molecular weight is 309 g/mol. The van der Waals surface area contributed by atoms with Crippen molar-refractivity contribution >= 4 is 27.3 Å². The van der Waals surface area contributed by atoms with Gasteiger partial charge >= 0.3 is 0 Å². The van der Waals surface area contributed by atoms with Gasteiger partial charge in [-0.1, -0.05) is 22.0 Å². The highest BCUT2D eigenvalue weighted by Crippen LogP contribution is 2.20. The Morgan fingerprint density at radius 3 is 2.44 bits per heavy atom. The van der Waals surface area contributed by atoms with Gasteiger partial charge in [0.15, 0.2) is 0 Å². The molecule has 2 nitrogen and oxygen atoms in total. The minimum absolute atomic E-state index is 0.202. The molecule has 0 aliphatic rings. The standard InChI is InChI=1S/C14H14BrFN2/c1-18(13-6-4-12(17)5-7-13)9-10-2-3-11(15)8-14(10)16/h2-8H,9,17H2,1H3. The highest BCUT2D eigenvalue weighted by molar-refractivity contribution is 9.10. The zero-order valence-electron chi connectivity index (χ0n) is 10.0. The van der Waals surface area contributed by atoms with Crippen LogP contribution in [-0.4, -0.2) is 7.05 Å². The van der Waals surface area contributed by atoms with E-state index in [0.717, 1.165) is 15.8 Å². The molecule has 0 radical (unpaired) electrons. The second-order valence-corrected chi connectivity index (χ2v) is 5.10. The smallest absolute Gasteiger partial charge is 0.129 e. The van der Waals surface area contributed by atoms with Gasteiger partial charge in [0.05, 0.1) is 0 Å². The van der Waals surface area contributed by atoms with E-state index in [2.05, 4.69) is 15.9 Å². The van der Waals surface area contributed by atoms with Gasteiger partial charge in [-0.2, -0.15) is 0 Å². The molecule has 0 amide bonds. The van der Waals surface area contributed by atoms with Crippen molar-refractivity contribution in [3.63, 3.8) is 0 Å². The molecule has 2 aromatic carbocycles. The largest absolute Gasteiger partial charge is 0.399 e. The highest BCUT2D eigenvalue weighted by Gasteiger charge is 2.07. The number of nitrogens with two attached hydrogens (primary N) is 1. The molecule has 0 aromatic heterocycles. The van der Waals surface area contributed by atoms with Crippen LogP contribution in [0.3, 0.4) is 0 Å². The minimum Gasteiger partial charge on any atom is -0.399 e. The molecule has 0 unspecified atom stereocenters. The Morgan fingerprint density at radius 1 is 1.17 bits per heavy atom. The van der Waals surface area contributed by atoms with Gasteiger partial charge in [-0.05, 0) is 36.4 Å². The van der Waals surface area contributed by atoms with Crippen molar-refractivity contribution < 1.29 is 4.39 Å². The molecular weight excluding hydrogens is 295 g/mol. The lowest BCUT2D eigenvalue weighted by Crippen LogP contribution is -2.17. The molecule has 2 N–H and O–H groups in total. The number of halogens is 2. The molecule has 0 saturated carbocycles. The van der Waals surface area contributed by atoms with Gasteiger partial charge in [0, 0.05) is 35.0 Å². The van der Waals surface area contributed by atoms with Crippen LogP contribution in [0.15, 0.2) is 46.9 Å². The molecule has 0 bridgehead atoms. The van der Waals surface area contributed by atoms with Gasteiger partial charge < -0.3 is 10.6 Å². The van der Waals surface area contributed by atoms with E-state index >= 15 is 0 Å². The van der Waals surface area contributed by atoms with E-state index in [1.54, 1.807) is 6.07 Å². The summed E-state index contributed by atoms with van der Waals surface area (Å²) in [5.74, 6) is -0.202. The summed E-state index contributed by atoms with van der Waals surface area (Å²) in [5, 5.41) is 0. The lowest BCUT2D eigenvalue weighted by Gasteiger charge is -2.20. The normalized spacial score (nSPS) is 10.4. The Balaban J connectivity index is 2.15. The Bertz CT molecular complexity index is 540. The second-order valence-electron chi connectivity index (χ2n) is 4.18. The summed E-state index contributed by atoms with van der Waals surface area (Å²) < 4.78 is 14.5. The summed E-state index contributed by atoms with van der Waals surface area (Å²) >= 11 is 3.25. The van der Waals surface area contributed by atoms with E-state index in [1.807, 2.05) is 42.3 Å². The van der Waals surface area contributed by atoms with Crippen LogP contribution in [0.4, 0.5) is 15.8 Å². The van der Waals surface area contributed by atoms with E-state index in [0.29, 0.717) is 12.1 Å². The monoisotopic (exact) mass is 308 g/mol. The predicted octanol–water partition coefficient (Wildman–Crippen LogP) is 3.81. The van der Waals surface area contributed by atoms with Crippen molar-refractivity contribution in [1.29, 1.82) is 0 Å². The molecule has 0 spiro atoms. The molecule has 18 heavy (non-hydrogen) atoms. The number of anilines is 2. The molecule has 2 rings (SSSR count). The summed E-state index contributed by atoms with van der Waals surface area (Å²) in [4.78, 5) is 1.98. The van der Waals surface area contributed by atoms with Crippen LogP contribution < -0.4 is 10.6 Å². The van der Waals surface area contributed by atoms with Crippen molar-refractivity contribution in [3.05, 3.63) is 58.3 Å². The SMILES string of the molecule is CN(Cc1ccc(Br)cc1F)c1ccc(N)cc1. The molecule has 0 heterocycles. The number of hydrogen-bond acceptors (Lipinski definition) is 2. The van der Waals surface area contributed by atoms with Crippen molar-refractivity contribution in [1.82, 2.24) is 0 Å². The van der Waals surface area contributed by atoms with Gasteiger partial charge in [0.1, 0.15) is 5.82 Å². The number of hydrogen-bond donors (Lipinski definition) is 1. The first-order valence-corrected chi connectivity index (χ1v) is 6.36. The lowest BCUT2D eigenvalue weighted by atomic mass is 10.2. The molecule has 94 valence electrons. The highest BCUT2D eigenvalue weighted by atomic mass is 79.9. The van der Waals surface area contributed by atoms with E-state index in [1.165, 1.54) is 6.07 Å². The fraction of sp³-hybridized carbons (Fsp3) is 0.143. The maximum Gasteiger partial charge on any atom is 0.129 e. The van der Waals surface area contributed by atoms with Crippen LogP contribution in [0.2, 0.25) is 0 Å². The molecular formula is C14H14BrFN2. The van der Waals surface area contributed by atoms with Crippen LogP contribution in [0, 0.1) is 5.82 Å². The maximum atomic E-state index is 13.7. The van der Waals surface area contributed by atoms with E-state index in [4.69, 9.17) is 5.73 Å². The van der Waals surface area contributed by atoms with Crippen LogP contribution in [0.5, 0.6) is 0 Å². The second kappa shape index (κ2) is 5.40. The van der Waals surface area contributed by atoms with Crippen LogP contribution in [-0.2, 0) is 6.54 Å². The number of nitrogens with zero attached hydrogens (tertiary/aromatic N) is 1. The summed E-state index contributed by atoms with van der Waals surface area (Å²) in [6, 6.07) is 12.6. The Kier molecular flexibility index (Phi) is 3.87. The van der Waals surface area contributed by atoms with Gasteiger partial charge in [0.2, 0.25) is 0 Å². The van der Waals surface area contributed by atoms with Crippen LogP contribution in [0.25, 0.3) is 0 Å². The minimum atomic E-state index is -0.202. The molecule has 2 aromatic rings. The van der Waals surface area contributed by atoms with Gasteiger partial charge in [-0.25, -0.2) is 4.39 Å². The van der Waals surface area contributed by atoms with Crippen LogP contribution >= 0.6 is 15.9 Å². The average Bonchev–Trinajstić information content (AvgIpc) is 2.33. The summed E-state index contributed by atoms with van der Waals surface area (Å²) in [6.45, 7) is 0.517. The van der Waals surface area contributed by atoms with Gasteiger partial charge in [-0.3, -0.25) is 0 Å². The third-order valence-corrected chi connectivity index (χ3v) is 3.25. The van der Waals surface area contributed by atoms with Crippen molar-refractivity contribution in [2.24, 2.45) is 0 Å². The summed E-state index contributed by atoms with van der Waals surface area (Å²) in [6.07, 6.45) is 0. The Hall–Kier alpha value is -1.55. The van der Waals surface area contributed by atoms with E-state index in [-0.39, 0.29) is 5.82 Å². The number of nitrogen functional groups attached to an aromatic ring is 1. The number of rotatable bonds is 3. The molecule has 0 saturated heterocycles. The first kappa shape index (κ1) is 12.9. The molecule has 0 aliphatic carbocycles. The van der Waals surface area contributed by atoms with Crippen LogP contribution in [0.1, 0.15) is 5.56 Å². The fourth-order valence-corrected chi connectivity index (χ4v) is 2.06. The summed E-state index contributed by atoms with van der Waals surface area (Å²) in [7, 11) is 1.92. The van der Waals surface area contributed by atoms with Gasteiger partial charge in [0.25, 0.3) is 0 Å². The van der Waals surface area contributed by atoms with E-state index < -0.39 is 0 Å². The maximum absolute atomic E-state index is 13.7.